The third-order valence-corrected chi connectivity index (χ3v) is 4.70. The molecule has 1 aromatic carbocycles. The predicted octanol–water partition coefficient (Wildman–Crippen LogP) is 2.45. The lowest BCUT2D eigenvalue weighted by molar-refractivity contribution is 0.563. The van der Waals surface area contributed by atoms with Crippen LogP contribution in [0.1, 0.15) is 18.9 Å². The lowest BCUT2D eigenvalue weighted by Gasteiger charge is -2.12. The topological polar surface area (TPSA) is 46.2 Å². The molecular weight excluding hydrogens is 302 g/mol. The summed E-state index contributed by atoms with van der Waals surface area (Å²) in [5.74, 6) is 2.43. The summed E-state index contributed by atoms with van der Waals surface area (Å²) >= 11 is 3.33. The van der Waals surface area contributed by atoms with E-state index in [4.69, 9.17) is 6.42 Å². The number of nitrogens with one attached hydrogen (secondary N) is 1. The van der Waals surface area contributed by atoms with Gasteiger partial charge in [-0.25, -0.2) is 13.1 Å². The minimum Gasteiger partial charge on any atom is -0.207 e. The Bertz CT molecular complexity index is 546. The number of benzene rings is 1. The highest BCUT2D eigenvalue weighted by molar-refractivity contribution is 9.10. The molecule has 0 aliphatic carbocycles. The van der Waals surface area contributed by atoms with Crippen LogP contribution in [0.3, 0.4) is 0 Å². The van der Waals surface area contributed by atoms with Gasteiger partial charge < -0.3 is 0 Å². The molecule has 0 saturated heterocycles. The Morgan fingerprint density at radius 3 is 2.71 bits per heavy atom. The summed E-state index contributed by atoms with van der Waals surface area (Å²) in [5, 5.41) is 0. The van der Waals surface area contributed by atoms with Crippen molar-refractivity contribution < 1.29 is 8.42 Å². The number of halogens is 1. The summed E-state index contributed by atoms with van der Waals surface area (Å²) in [6.45, 7) is 3.58. The van der Waals surface area contributed by atoms with Gasteiger partial charge in [0.25, 0.3) is 0 Å². The van der Waals surface area contributed by atoms with Gasteiger partial charge >= 0.3 is 0 Å². The van der Waals surface area contributed by atoms with Gasteiger partial charge in [-0.05, 0) is 37.6 Å². The van der Waals surface area contributed by atoms with Crippen LogP contribution in [-0.4, -0.2) is 14.5 Å². The van der Waals surface area contributed by atoms with Crippen molar-refractivity contribution in [1.82, 2.24) is 4.72 Å². The van der Waals surface area contributed by atoms with E-state index in [9.17, 15) is 8.42 Å². The SMILES string of the molecule is C#CCC(C)NS(=O)(=O)c1ccc(Br)c(C)c1. The van der Waals surface area contributed by atoms with Crippen LogP contribution in [0.15, 0.2) is 27.6 Å². The third-order valence-electron chi connectivity index (χ3n) is 2.22. The first-order chi connectivity index (χ1) is 7.86. The van der Waals surface area contributed by atoms with Gasteiger partial charge in [0.2, 0.25) is 10.0 Å². The summed E-state index contributed by atoms with van der Waals surface area (Å²) in [6, 6.07) is 4.63. The second kappa shape index (κ2) is 5.67. The zero-order chi connectivity index (χ0) is 13.1. The first kappa shape index (κ1) is 14.2. The highest BCUT2D eigenvalue weighted by Gasteiger charge is 2.17. The Morgan fingerprint density at radius 2 is 2.18 bits per heavy atom. The fraction of sp³-hybridized carbons (Fsp3) is 0.333. The molecule has 17 heavy (non-hydrogen) atoms. The zero-order valence-electron chi connectivity index (χ0n) is 9.70. The molecule has 1 rings (SSSR count). The Labute approximate surface area is 111 Å². The van der Waals surface area contributed by atoms with Gasteiger partial charge in [0.15, 0.2) is 0 Å². The van der Waals surface area contributed by atoms with E-state index >= 15 is 0 Å². The van der Waals surface area contributed by atoms with Crippen molar-refractivity contribution in [3.8, 4) is 12.3 Å². The van der Waals surface area contributed by atoms with Crippen LogP contribution in [0, 0.1) is 19.3 Å². The number of hydrogen-bond acceptors (Lipinski definition) is 2. The van der Waals surface area contributed by atoms with Crippen molar-refractivity contribution in [2.45, 2.75) is 31.2 Å². The van der Waals surface area contributed by atoms with Gasteiger partial charge in [-0.3, -0.25) is 0 Å². The van der Waals surface area contributed by atoms with Crippen LogP contribution in [0.4, 0.5) is 0 Å². The fourth-order valence-corrected chi connectivity index (χ4v) is 2.91. The Balaban J connectivity index is 2.98. The second-order valence-corrected chi connectivity index (χ2v) is 6.41. The highest BCUT2D eigenvalue weighted by atomic mass is 79.9. The summed E-state index contributed by atoms with van der Waals surface area (Å²) in [6.07, 6.45) is 5.51. The van der Waals surface area contributed by atoms with Crippen LogP contribution >= 0.6 is 15.9 Å². The van der Waals surface area contributed by atoms with E-state index in [0.717, 1.165) is 10.0 Å². The monoisotopic (exact) mass is 315 g/mol. The van der Waals surface area contributed by atoms with Gasteiger partial charge in [0.1, 0.15) is 0 Å². The Kier molecular flexibility index (Phi) is 4.75. The average molecular weight is 316 g/mol. The van der Waals surface area contributed by atoms with Crippen LogP contribution in [0.5, 0.6) is 0 Å². The third kappa shape index (κ3) is 3.84. The average Bonchev–Trinajstić information content (AvgIpc) is 2.21. The molecule has 0 amide bonds. The van der Waals surface area contributed by atoms with Crippen LogP contribution < -0.4 is 4.72 Å². The molecule has 0 aliphatic rings. The number of aryl methyl sites for hydroxylation is 1. The molecule has 0 aromatic heterocycles. The molecule has 1 aromatic rings. The van der Waals surface area contributed by atoms with E-state index < -0.39 is 10.0 Å². The lowest BCUT2D eigenvalue weighted by atomic mass is 10.2. The van der Waals surface area contributed by atoms with Crippen LogP contribution in [0.25, 0.3) is 0 Å². The lowest BCUT2D eigenvalue weighted by Crippen LogP contribution is -2.32. The molecule has 0 saturated carbocycles. The number of hydrogen-bond donors (Lipinski definition) is 1. The smallest absolute Gasteiger partial charge is 0.207 e. The molecule has 3 nitrogen and oxygen atoms in total. The quantitative estimate of drug-likeness (QED) is 0.867. The molecule has 0 radical (unpaired) electrons. The highest BCUT2D eigenvalue weighted by Crippen LogP contribution is 2.20. The second-order valence-electron chi connectivity index (χ2n) is 3.84. The maximum atomic E-state index is 12.0. The molecule has 1 N–H and O–H groups in total. The number of rotatable bonds is 4. The fourth-order valence-electron chi connectivity index (χ4n) is 1.34. The molecule has 0 fully saturated rings. The molecule has 5 heteroatoms. The molecule has 0 spiro atoms. The van der Waals surface area contributed by atoms with E-state index in [1.54, 1.807) is 25.1 Å². The molecule has 92 valence electrons. The van der Waals surface area contributed by atoms with Gasteiger partial charge in [-0.2, -0.15) is 0 Å². The maximum absolute atomic E-state index is 12.0. The Morgan fingerprint density at radius 1 is 1.53 bits per heavy atom. The van der Waals surface area contributed by atoms with Crippen molar-refractivity contribution in [3.63, 3.8) is 0 Å². The molecule has 0 aliphatic heterocycles. The molecular formula is C12H14BrNO2S. The van der Waals surface area contributed by atoms with E-state index in [1.165, 1.54) is 0 Å². The van der Waals surface area contributed by atoms with E-state index in [1.807, 2.05) is 6.92 Å². The minimum atomic E-state index is -3.49. The summed E-state index contributed by atoms with van der Waals surface area (Å²) in [5.41, 5.74) is 0.873. The predicted molar refractivity (Wildman–Crippen MR) is 72.1 cm³/mol. The van der Waals surface area contributed by atoms with Crippen molar-refractivity contribution in [2.24, 2.45) is 0 Å². The van der Waals surface area contributed by atoms with Crippen LogP contribution in [-0.2, 0) is 10.0 Å². The van der Waals surface area contributed by atoms with Crippen molar-refractivity contribution >= 4 is 26.0 Å². The molecule has 0 bridgehead atoms. The normalized spacial score (nSPS) is 13.1. The molecule has 1 unspecified atom stereocenters. The van der Waals surface area contributed by atoms with Gasteiger partial charge in [-0.1, -0.05) is 15.9 Å². The molecule has 0 heterocycles. The number of terminal acetylenes is 1. The van der Waals surface area contributed by atoms with Gasteiger partial charge in [-0.15, -0.1) is 12.3 Å². The van der Waals surface area contributed by atoms with E-state index in [2.05, 4.69) is 26.6 Å². The first-order valence-electron chi connectivity index (χ1n) is 5.09. The first-order valence-corrected chi connectivity index (χ1v) is 7.36. The largest absolute Gasteiger partial charge is 0.240 e. The van der Waals surface area contributed by atoms with Crippen molar-refractivity contribution in [1.29, 1.82) is 0 Å². The standard InChI is InChI=1S/C12H14BrNO2S/c1-4-5-10(3)14-17(15,16)11-6-7-12(13)9(2)8-11/h1,6-8,10,14H,5H2,2-3H3. The maximum Gasteiger partial charge on any atom is 0.240 e. The van der Waals surface area contributed by atoms with Crippen LogP contribution in [0.2, 0.25) is 0 Å². The van der Waals surface area contributed by atoms with E-state index in [-0.39, 0.29) is 10.9 Å². The summed E-state index contributed by atoms with van der Waals surface area (Å²) < 4.78 is 27.4. The Hall–Kier alpha value is -0.830. The zero-order valence-corrected chi connectivity index (χ0v) is 12.1. The summed E-state index contributed by atoms with van der Waals surface area (Å²) in [7, 11) is -3.49. The summed E-state index contributed by atoms with van der Waals surface area (Å²) in [4.78, 5) is 0.252. The molecule has 1 atom stereocenters. The van der Waals surface area contributed by atoms with Crippen molar-refractivity contribution in [3.05, 3.63) is 28.2 Å². The van der Waals surface area contributed by atoms with Gasteiger partial charge in [0.05, 0.1) is 4.90 Å². The number of sulfonamides is 1. The van der Waals surface area contributed by atoms with Crippen molar-refractivity contribution in [2.75, 3.05) is 0 Å². The van der Waals surface area contributed by atoms with Gasteiger partial charge in [0, 0.05) is 16.9 Å². The minimum absolute atomic E-state index is 0.252. The van der Waals surface area contributed by atoms with E-state index in [0.29, 0.717) is 6.42 Å².